The fourth-order valence-electron chi connectivity index (χ4n) is 1.39. The highest BCUT2D eigenvalue weighted by Crippen LogP contribution is 2.37. The second-order valence-electron chi connectivity index (χ2n) is 3.59. The van der Waals surface area contributed by atoms with E-state index in [2.05, 4.69) is 9.97 Å². The van der Waals surface area contributed by atoms with Gasteiger partial charge in [-0.25, -0.2) is 9.97 Å². The predicted octanol–water partition coefficient (Wildman–Crippen LogP) is 3.60. The zero-order valence-electron chi connectivity index (χ0n) is 9.40. The maximum atomic E-state index is 12.7. The number of hydrogen-bond acceptors (Lipinski definition) is 3. The molecule has 2 aromatic rings. The van der Waals surface area contributed by atoms with Crippen molar-refractivity contribution in [2.75, 3.05) is 0 Å². The third-order valence-corrected chi connectivity index (χ3v) is 2.19. The smallest absolute Gasteiger partial charge is 0.419 e. The second kappa shape index (κ2) is 4.64. The van der Waals surface area contributed by atoms with Crippen molar-refractivity contribution in [1.82, 2.24) is 9.97 Å². The minimum atomic E-state index is -4.46. The first kappa shape index (κ1) is 12.3. The summed E-state index contributed by atoms with van der Waals surface area (Å²) in [5.74, 6) is -0.192. The fraction of sp³-hybridized carbons (Fsp3) is 0.167. The number of aromatic nitrogens is 2. The summed E-state index contributed by atoms with van der Waals surface area (Å²) >= 11 is 0. The Labute approximate surface area is 101 Å². The third-order valence-electron chi connectivity index (χ3n) is 2.19. The molecule has 0 atom stereocenters. The average molecular weight is 254 g/mol. The van der Waals surface area contributed by atoms with E-state index in [9.17, 15) is 13.2 Å². The summed E-state index contributed by atoms with van der Waals surface area (Å²) in [5.41, 5.74) is -0.217. The van der Waals surface area contributed by atoms with Crippen molar-refractivity contribution in [2.24, 2.45) is 0 Å². The van der Waals surface area contributed by atoms with Crippen LogP contribution < -0.4 is 4.74 Å². The van der Waals surface area contributed by atoms with Crippen LogP contribution in [0.4, 0.5) is 13.2 Å². The highest BCUT2D eigenvalue weighted by molar-refractivity contribution is 5.38. The van der Waals surface area contributed by atoms with Gasteiger partial charge >= 0.3 is 6.18 Å². The molecule has 0 N–H and O–H groups in total. The number of nitrogens with zero attached hydrogens (tertiary/aromatic N) is 2. The summed E-state index contributed by atoms with van der Waals surface area (Å²) < 4.78 is 43.3. The van der Waals surface area contributed by atoms with Gasteiger partial charge in [0.15, 0.2) is 0 Å². The molecule has 2 rings (SSSR count). The van der Waals surface area contributed by atoms with Crippen molar-refractivity contribution in [2.45, 2.75) is 13.1 Å². The Balaban J connectivity index is 2.35. The van der Waals surface area contributed by atoms with E-state index in [0.29, 0.717) is 5.69 Å². The molecule has 0 fully saturated rings. The number of hydrogen-bond donors (Lipinski definition) is 0. The number of ether oxygens (including phenoxy) is 1. The van der Waals surface area contributed by atoms with Crippen LogP contribution in [0.1, 0.15) is 11.3 Å². The number of alkyl halides is 3. The second-order valence-corrected chi connectivity index (χ2v) is 3.59. The molecule has 0 spiro atoms. The van der Waals surface area contributed by atoms with E-state index < -0.39 is 11.7 Å². The Morgan fingerprint density at radius 1 is 1.11 bits per heavy atom. The molecule has 0 aliphatic heterocycles. The van der Waals surface area contributed by atoms with Gasteiger partial charge in [0, 0.05) is 11.8 Å². The van der Waals surface area contributed by atoms with E-state index in [4.69, 9.17) is 4.74 Å². The summed E-state index contributed by atoms with van der Waals surface area (Å²) in [6.45, 7) is 1.70. The Hall–Kier alpha value is -2.11. The molecular formula is C12H9F3N2O. The molecule has 0 amide bonds. The van der Waals surface area contributed by atoms with Crippen LogP contribution in [0.5, 0.6) is 11.6 Å². The molecule has 0 radical (unpaired) electrons. The first-order valence-corrected chi connectivity index (χ1v) is 5.09. The molecule has 0 saturated carbocycles. The summed E-state index contributed by atoms with van der Waals surface area (Å²) in [6.07, 6.45) is -3.22. The quantitative estimate of drug-likeness (QED) is 0.821. The summed E-state index contributed by atoms with van der Waals surface area (Å²) in [7, 11) is 0. The van der Waals surface area contributed by atoms with Crippen LogP contribution in [-0.2, 0) is 6.18 Å². The molecule has 1 heterocycles. The zero-order valence-corrected chi connectivity index (χ0v) is 9.40. The van der Waals surface area contributed by atoms with E-state index in [-0.39, 0.29) is 11.6 Å². The lowest BCUT2D eigenvalue weighted by atomic mass is 10.2. The van der Waals surface area contributed by atoms with Gasteiger partial charge in [0.2, 0.25) is 5.88 Å². The monoisotopic (exact) mass is 254 g/mol. The molecule has 94 valence electrons. The predicted molar refractivity (Wildman–Crippen MR) is 58.3 cm³/mol. The maximum absolute atomic E-state index is 12.7. The molecule has 1 aromatic carbocycles. The van der Waals surface area contributed by atoms with Crippen LogP contribution in [0.2, 0.25) is 0 Å². The van der Waals surface area contributed by atoms with Crippen molar-refractivity contribution in [1.29, 1.82) is 0 Å². The van der Waals surface area contributed by atoms with Gasteiger partial charge in [0.25, 0.3) is 0 Å². The number of benzene rings is 1. The van der Waals surface area contributed by atoms with Crippen LogP contribution in [0.15, 0.2) is 36.7 Å². The fourth-order valence-corrected chi connectivity index (χ4v) is 1.39. The lowest BCUT2D eigenvalue weighted by Gasteiger charge is -2.12. The molecule has 1 aromatic heterocycles. The Morgan fingerprint density at radius 2 is 1.83 bits per heavy atom. The van der Waals surface area contributed by atoms with Crippen molar-refractivity contribution in [3.63, 3.8) is 0 Å². The van der Waals surface area contributed by atoms with Gasteiger partial charge in [-0.2, -0.15) is 13.2 Å². The van der Waals surface area contributed by atoms with Gasteiger partial charge in [0.05, 0.1) is 5.56 Å². The highest BCUT2D eigenvalue weighted by Gasteiger charge is 2.34. The van der Waals surface area contributed by atoms with Crippen molar-refractivity contribution < 1.29 is 17.9 Å². The van der Waals surface area contributed by atoms with Crippen LogP contribution in [-0.4, -0.2) is 9.97 Å². The standard InChI is InChI=1S/C12H9F3N2O/c1-8-6-11(17-7-16-8)18-10-5-3-2-4-9(10)12(13,14)15/h2-7H,1H3. The third kappa shape index (κ3) is 2.77. The van der Waals surface area contributed by atoms with Crippen LogP contribution in [0, 0.1) is 6.92 Å². The highest BCUT2D eigenvalue weighted by atomic mass is 19.4. The van der Waals surface area contributed by atoms with Gasteiger partial charge in [0.1, 0.15) is 12.1 Å². The molecule has 0 aliphatic carbocycles. The topological polar surface area (TPSA) is 35.0 Å². The number of aryl methyl sites for hydroxylation is 1. The molecule has 0 aliphatic rings. The molecule has 6 heteroatoms. The van der Waals surface area contributed by atoms with E-state index in [0.717, 1.165) is 6.07 Å². The molecule has 0 unspecified atom stereocenters. The minimum Gasteiger partial charge on any atom is -0.438 e. The van der Waals surface area contributed by atoms with E-state index >= 15 is 0 Å². The normalized spacial score (nSPS) is 11.3. The maximum Gasteiger partial charge on any atom is 0.419 e. The van der Waals surface area contributed by atoms with E-state index in [1.807, 2.05) is 0 Å². The van der Waals surface area contributed by atoms with Crippen molar-refractivity contribution in [3.8, 4) is 11.6 Å². The lowest BCUT2D eigenvalue weighted by Crippen LogP contribution is -2.07. The van der Waals surface area contributed by atoms with Gasteiger partial charge in [-0.1, -0.05) is 12.1 Å². The SMILES string of the molecule is Cc1cc(Oc2ccccc2C(F)(F)F)ncn1. The number of para-hydroxylation sites is 1. The van der Waals surface area contributed by atoms with E-state index in [1.54, 1.807) is 6.92 Å². The lowest BCUT2D eigenvalue weighted by molar-refractivity contribution is -0.138. The summed E-state index contributed by atoms with van der Waals surface area (Å²) in [6, 6.07) is 6.45. The number of rotatable bonds is 2. The molecule has 0 bridgehead atoms. The van der Waals surface area contributed by atoms with Gasteiger partial charge in [-0.15, -0.1) is 0 Å². The molecular weight excluding hydrogens is 245 g/mol. The zero-order chi connectivity index (χ0) is 13.2. The molecule has 0 saturated heterocycles. The van der Waals surface area contributed by atoms with E-state index in [1.165, 1.54) is 30.6 Å². The van der Waals surface area contributed by atoms with Crippen LogP contribution >= 0.6 is 0 Å². The van der Waals surface area contributed by atoms with Gasteiger partial charge in [-0.05, 0) is 19.1 Å². The number of halogens is 3. The van der Waals surface area contributed by atoms with Crippen LogP contribution in [0.3, 0.4) is 0 Å². The first-order chi connectivity index (χ1) is 8.47. The summed E-state index contributed by atoms with van der Waals surface area (Å²) in [4.78, 5) is 7.60. The Kier molecular flexibility index (Phi) is 3.18. The van der Waals surface area contributed by atoms with Gasteiger partial charge in [-0.3, -0.25) is 0 Å². The average Bonchev–Trinajstić information content (AvgIpc) is 2.28. The Morgan fingerprint density at radius 3 is 2.50 bits per heavy atom. The first-order valence-electron chi connectivity index (χ1n) is 5.09. The van der Waals surface area contributed by atoms with Crippen LogP contribution in [0.25, 0.3) is 0 Å². The molecule has 18 heavy (non-hydrogen) atoms. The summed E-state index contributed by atoms with van der Waals surface area (Å²) in [5, 5.41) is 0. The van der Waals surface area contributed by atoms with Crippen molar-refractivity contribution in [3.05, 3.63) is 47.9 Å². The van der Waals surface area contributed by atoms with Gasteiger partial charge < -0.3 is 4.74 Å². The van der Waals surface area contributed by atoms with Crippen molar-refractivity contribution >= 4 is 0 Å². The molecule has 3 nitrogen and oxygen atoms in total. The Bertz CT molecular complexity index is 555. The minimum absolute atomic E-state index is 0.0826. The largest absolute Gasteiger partial charge is 0.438 e.